The molecule has 0 amide bonds. The Hall–Kier alpha value is -3.22. The number of halogens is 3. The third-order valence-corrected chi connectivity index (χ3v) is 4.23. The number of imidazole rings is 1. The molecule has 7 heteroatoms. The molecule has 130 valence electrons. The van der Waals surface area contributed by atoms with Gasteiger partial charge in [0.25, 0.3) is 0 Å². The molecular formula is C19H12F3N3O. The van der Waals surface area contributed by atoms with Crippen LogP contribution in [0.3, 0.4) is 0 Å². The minimum absolute atomic E-state index is 0.161. The molecule has 0 atom stereocenters. The largest absolute Gasteiger partial charge is 0.416 e. The van der Waals surface area contributed by atoms with Gasteiger partial charge in [0.2, 0.25) is 0 Å². The van der Waals surface area contributed by atoms with Gasteiger partial charge in [0.05, 0.1) is 29.7 Å². The molecule has 4 rings (SSSR count). The number of aldehydes is 1. The number of benzene rings is 2. The summed E-state index contributed by atoms with van der Waals surface area (Å²) >= 11 is 0. The van der Waals surface area contributed by atoms with Gasteiger partial charge in [-0.1, -0.05) is 30.3 Å². The van der Waals surface area contributed by atoms with E-state index in [2.05, 4.69) is 9.98 Å². The SMILES string of the molecule is O=Cc1cnc2n1-c1ccc(C(F)(F)F)cc1C(c1ccccc1)=NC2. The molecule has 0 N–H and O–H groups in total. The topological polar surface area (TPSA) is 47.2 Å². The van der Waals surface area contributed by atoms with E-state index >= 15 is 0 Å². The van der Waals surface area contributed by atoms with Crippen LogP contribution in [0, 0.1) is 0 Å². The van der Waals surface area contributed by atoms with Crippen molar-refractivity contribution in [2.24, 2.45) is 4.99 Å². The maximum atomic E-state index is 13.3. The molecule has 3 aromatic rings. The Bertz CT molecular complexity index is 1020. The number of aromatic nitrogens is 2. The Labute approximate surface area is 146 Å². The minimum atomic E-state index is -4.48. The van der Waals surface area contributed by atoms with E-state index in [9.17, 15) is 18.0 Å². The first-order chi connectivity index (χ1) is 12.5. The monoisotopic (exact) mass is 355 g/mol. The second-order valence-corrected chi connectivity index (χ2v) is 5.81. The zero-order valence-corrected chi connectivity index (χ0v) is 13.4. The highest BCUT2D eigenvalue weighted by atomic mass is 19.4. The highest BCUT2D eigenvalue weighted by Crippen LogP contribution is 2.34. The summed E-state index contributed by atoms with van der Waals surface area (Å²) in [4.78, 5) is 20.0. The predicted octanol–water partition coefficient (Wildman–Crippen LogP) is 4.05. The average Bonchev–Trinajstić information content (AvgIpc) is 2.97. The lowest BCUT2D eigenvalue weighted by Gasteiger charge is -2.16. The number of hydrogen-bond acceptors (Lipinski definition) is 3. The summed E-state index contributed by atoms with van der Waals surface area (Å²) in [5.41, 5.74) is 1.40. The number of rotatable bonds is 2. The van der Waals surface area contributed by atoms with E-state index < -0.39 is 11.7 Å². The smallest absolute Gasteiger partial charge is 0.296 e. The number of fused-ring (bicyclic) bond motifs is 3. The Balaban J connectivity index is 2.02. The fourth-order valence-corrected chi connectivity index (χ4v) is 3.05. The third kappa shape index (κ3) is 2.61. The average molecular weight is 355 g/mol. The van der Waals surface area contributed by atoms with Crippen LogP contribution in [0.15, 0.2) is 59.7 Å². The van der Waals surface area contributed by atoms with Crippen LogP contribution >= 0.6 is 0 Å². The lowest BCUT2D eigenvalue weighted by Crippen LogP contribution is -2.12. The maximum absolute atomic E-state index is 13.3. The van der Waals surface area contributed by atoms with Gasteiger partial charge in [0, 0.05) is 11.1 Å². The van der Waals surface area contributed by atoms with Crippen LogP contribution in [-0.4, -0.2) is 21.5 Å². The summed E-state index contributed by atoms with van der Waals surface area (Å²) < 4.78 is 41.3. The highest BCUT2D eigenvalue weighted by Gasteiger charge is 2.32. The van der Waals surface area contributed by atoms with Gasteiger partial charge >= 0.3 is 6.18 Å². The van der Waals surface area contributed by atoms with Gasteiger partial charge in [-0.2, -0.15) is 13.2 Å². The summed E-state index contributed by atoms with van der Waals surface area (Å²) in [6, 6.07) is 12.4. The first-order valence-corrected chi connectivity index (χ1v) is 7.82. The van der Waals surface area contributed by atoms with Crippen LogP contribution in [0.4, 0.5) is 13.2 Å². The van der Waals surface area contributed by atoms with E-state index in [0.717, 1.165) is 12.1 Å². The normalized spacial score (nSPS) is 13.4. The van der Waals surface area contributed by atoms with Crippen LogP contribution < -0.4 is 0 Å². The molecule has 0 radical (unpaired) electrons. The fourth-order valence-electron chi connectivity index (χ4n) is 3.05. The Morgan fingerprint density at radius 2 is 1.85 bits per heavy atom. The summed E-state index contributed by atoms with van der Waals surface area (Å²) in [6.07, 6.45) is -2.45. The summed E-state index contributed by atoms with van der Waals surface area (Å²) in [6.45, 7) is 0.161. The molecule has 0 aliphatic carbocycles. The van der Waals surface area contributed by atoms with Crippen molar-refractivity contribution in [2.75, 3.05) is 0 Å². The third-order valence-electron chi connectivity index (χ3n) is 4.23. The van der Waals surface area contributed by atoms with Crippen molar-refractivity contribution < 1.29 is 18.0 Å². The highest BCUT2D eigenvalue weighted by molar-refractivity contribution is 6.15. The molecule has 4 nitrogen and oxygen atoms in total. The van der Waals surface area contributed by atoms with E-state index in [0.29, 0.717) is 34.6 Å². The molecule has 1 aliphatic rings. The van der Waals surface area contributed by atoms with E-state index in [1.807, 2.05) is 6.07 Å². The molecule has 0 saturated carbocycles. The second-order valence-electron chi connectivity index (χ2n) is 5.81. The molecule has 0 saturated heterocycles. The lowest BCUT2D eigenvalue weighted by molar-refractivity contribution is -0.137. The first-order valence-electron chi connectivity index (χ1n) is 7.82. The molecule has 2 heterocycles. The van der Waals surface area contributed by atoms with Gasteiger partial charge in [0.1, 0.15) is 11.5 Å². The number of hydrogen-bond donors (Lipinski definition) is 0. The summed E-state index contributed by atoms with van der Waals surface area (Å²) in [5, 5.41) is 0. The van der Waals surface area contributed by atoms with Gasteiger partial charge < -0.3 is 0 Å². The van der Waals surface area contributed by atoms with Crippen molar-refractivity contribution >= 4 is 12.0 Å². The predicted molar refractivity (Wildman–Crippen MR) is 89.7 cm³/mol. The number of nitrogens with zero attached hydrogens (tertiary/aromatic N) is 3. The van der Waals surface area contributed by atoms with Crippen molar-refractivity contribution in [1.29, 1.82) is 0 Å². The molecule has 0 unspecified atom stereocenters. The molecule has 0 fully saturated rings. The van der Waals surface area contributed by atoms with Crippen molar-refractivity contribution in [3.63, 3.8) is 0 Å². The number of carbonyl (C=O) groups is 1. The molecule has 1 aromatic heterocycles. The van der Waals surface area contributed by atoms with E-state index in [1.165, 1.54) is 12.3 Å². The molecule has 0 bridgehead atoms. The zero-order valence-electron chi connectivity index (χ0n) is 13.4. The van der Waals surface area contributed by atoms with Gasteiger partial charge in [0.15, 0.2) is 6.29 Å². The van der Waals surface area contributed by atoms with Crippen LogP contribution in [0.5, 0.6) is 0 Å². The number of carbonyl (C=O) groups excluding carboxylic acids is 1. The van der Waals surface area contributed by atoms with Gasteiger partial charge in [-0.25, -0.2) is 4.98 Å². The lowest BCUT2D eigenvalue weighted by atomic mass is 9.98. The summed E-state index contributed by atoms with van der Waals surface area (Å²) in [5.74, 6) is 0.499. The molecule has 2 aromatic carbocycles. The minimum Gasteiger partial charge on any atom is -0.296 e. The fraction of sp³-hybridized carbons (Fsp3) is 0.105. The van der Waals surface area contributed by atoms with E-state index in [-0.39, 0.29) is 12.2 Å². The second kappa shape index (κ2) is 5.94. The molecule has 0 spiro atoms. The number of alkyl halides is 3. The number of aliphatic imine (C=N–C) groups is 1. The van der Waals surface area contributed by atoms with Crippen LogP contribution in [0.25, 0.3) is 5.69 Å². The van der Waals surface area contributed by atoms with Gasteiger partial charge in [-0.05, 0) is 18.2 Å². The van der Waals surface area contributed by atoms with Crippen LogP contribution in [0.2, 0.25) is 0 Å². The van der Waals surface area contributed by atoms with Crippen molar-refractivity contribution in [2.45, 2.75) is 12.7 Å². The quantitative estimate of drug-likeness (QED) is 0.651. The van der Waals surface area contributed by atoms with Gasteiger partial charge in [-0.3, -0.25) is 14.4 Å². The molecule has 1 aliphatic heterocycles. The zero-order chi connectivity index (χ0) is 18.3. The van der Waals surface area contributed by atoms with Crippen LogP contribution in [-0.2, 0) is 12.7 Å². The van der Waals surface area contributed by atoms with E-state index in [1.54, 1.807) is 28.8 Å². The Kier molecular flexibility index (Phi) is 3.72. The van der Waals surface area contributed by atoms with Crippen molar-refractivity contribution in [3.05, 3.63) is 82.9 Å². The van der Waals surface area contributed by atoms with E-state index in [4.69, 9.17) is 0 Å². The van der Waals surface area contributed by atoms with Gasteiger partial charge in [-0.15, -0.1) is 0 Å². The maximum Gasteiger partial charge on any atom is 0.416 e. The summed E-state index contributed by atoms with van der Waals surface area (Å²) in [7, 11) is 0. The Morgan fingerprint density at radius 1 is 1.08 bits per heavy atom. The molecular weight excluding hydrogens is 343 g/mol. The van der Waals surface area contributed by atoms with Crippen molar-refractivity contribution in [3.8, 4) is 5.69 Å². The first kappa shape index (κ1) is 16.3. The molecule has 26 heavy (non-hydrogen) atoms. The van der Waals surface area contributed by atoms with Crippen LogP contribution in [0.1, 0.15) is 33.0 Å². The van der Waals surface area contributed by atoms with Crippen molar-refractivity contribution in [1.82, 2.24) is 9.55 Å². The standard InChI is InChI=1S/C19H12F3N3O/c20-19(21,22)13-6-7-16-15(8-13)18(12-4-2-1-3-5-12)24-10-17-23-9-14(11-26)25(16)17/h1-9,11H,10H2. The Morgan fingerprint density at radius 3 is 2.54 bits per heavy atom.